The summed E-state index contributed by atoms with van der Waals surface area (Å²) < 4.78 is 0. The molecule has 0 atom stereocenters. The van der Waals surface area contributed by atoms with Gasteiger partial charge in [-0.15, -0.1) is 0 Å². The average Bonchev–Trinajstić information content (AvgIpc) is 2.27. The van der Waals surface area contributed by atoms with Crippen LogP contribution in [0.2, 0.25) is 0 Å². The molecule has 0 rings (SSSR count). The Morgan fingerprint density at radius 2 is 1.88 bits per heavy atom. The second kappa shape index (κ2) is 7.66. The molecule has 6 nitrogen and oxygen atoms in total. The van der Waals surface area contributed by atoms with E-state index in [1.165, 1.54) is 13.1 Å². The van der Waals surface area contributed by atoms with E-state index in [2.05, 4.69) is 15.3 Å². The molecule has 0 fully saturated rings. The van der Waals surface area contributed by atoms with Gasteiger partial charge in [0.15, 0.2) is 0 Å². The lowest BCUT2D eigenvalue weighted by Crippen LogP contribution is -2.16. The summed E-state index contributed by atoms with van der Waals surface area (Å²) in [5.74, 6) is -0.455. The van der Waals surface area contributed by atoms with Gasteiger partial charge < -0.3 is 4.84 Å². The third kappa shape index (κ3) is 7.34. The van der Waals surface area contributed by atoms with Gasteiger partial charge in [-0.05, 0) is 19.9 Å². The highest BCUT2D eigenvalue weighted by Gasteiger charge is 1.94. The molecule has 0 unspecified atom stereocenters. The van der Waals surface area contributed by atoms with Crippen LogP contribution in [0.1, 0.15) is 20.8 Å². The van der Waals surface area contributed by atoms with Crippen LogP contribution in [0.15, 0.2) is 28.5 Å². The van der Waals surface area contributed by atoms with Gasteiger partial charge in [-0.25, -0.2) is 5.48 Å². The normalized spacial score (nSPS) is 10.9. The van der Waals surface area contributed by atoms with Gasteiger partial charge in [0, 0.05) is 18.3 Å². The Balaban J connectivity index is 4.58. The standard InChI is InChI=1S/C11H12N4O2/c1-8(14-7-11(5-12)6-13)4-9(2)15-17-10(3)16/h4,7,15H,1-3H3/b9-4+,14-8?. The first-order chi connectivity index (χ1) is 7.99. The molecule has 0 amide bonds. The summed E-state index contributed by atoms with van der Waals surface area (Å²) in [5, 5.41) is 16.9. The largest absolute Gasteiger partial charge is 0.344 e. The van der Waals surface area contributed by atoms with Gasteiger partial charge in [0.1, 0.15) is 17.7 Å². The summed E-state index contributed by atoms with van der Waals surface area (Å²) in [6, 6.07) is 3.38. The van der Waals surface area contributed by atoms with E-state index < -0.39 is 5.97 Å². The van der Waals surface area contributed by atoms with Gasteiger partial charge in [-0.3, -0.25) is 9.79 Å². The molecule has 0 spiro atoms. The maximum absolute atomic E-state index is 10.5. The van der Waals surface area contributed by atoms with Gasteiger partial charge in [0.2, 0.25) is 0 Å². The third-order valence-corrected chi connectivity index (χ3v) is 1.42. The number of nitrogens with zero attached hydrogens (tertiary/aromatic N) is 3. The zero-order valence-electron chi connectivity index (χ0n) is 9.81. The molecule has 1 N–H and O–H groups in total. The van der Waals surface area contributed by atoms with E-state index in [4.69, 9.17) is 10.5 Å². The summed E-state index contributed by atoms with van der Waals surface area (Å²) in [7, 11) is 0. The van der Waals surface area contributed by atoms with E-state index in [0.717, 1.165) is 0 Å². The first-order valence-electron chi connectivity index (χ1n) is 4.66. The van der Waals surface area contributed by atoms with Crippen LogP contribution in [0.4, 0.5) is 0 Å². The monoisotopic (exact) mass is 232 g/mol. The van der Waals surface area contributed by atoms with Crippen molar-refractivity contribution in [3.8, 4) is 12.1 Å². The van der Waals surface area contributed by atoms with Gasteiger partial charge in [0.25, 0.3) is 0 Å². The predicted molar refractivity (Wildman–Crippen MR) is 61.1 cm³/mol. The van der Waals surface area contributed by atoms with Gasteiger partial charge >= 0.3 is 5.97 Å². The van der Waals surface area contributed by atoms with Crippen molar-refractivity contribution in [2.75, 3.05) is 0 Å². The fourth-order valence-corrected chi connectivity index (χ4v) is 0.782. The maximum Gasteiger partial charge on any atom is 0.329 e. The number of hydrogen-bond acceptors (Lipinski definition) is 6. The van der Waals surface area contributed by atoms with Crippen LogP contribution in [-0.4, -0.2) is 11.7 Å². The maximum atomic E-state index is 10.5. The van der Waals surface area contributed by atoms with Crippen molar-refractivity contribution in [1.29, 1.82) is 10.5 Å². The predicted octanol–water partition coefficient (Wildman–Crippen LogP) is 1.35. The number of carbonyl (C=O) groups excluding carboxylic acids is 1. The van der Waals surface area contributed by atoms with Crippen LogP contribution in [0.25, 0.3) is 0 Å². The van der Waals surface area contributed by atoms with Crippen LogP contribution in [0.5, 0.6) is 0 Å². The Hall–Kier alpha value is -2.60. The molecule has 0 radical (unpaired) electrons. The minimum Gasteiger partial charge on any atom is -0.344 e. The van der Waals surface area contributed by atoms with E-state index in [9.17, 15) is 4.79 Å². The zero-order valence-corrected chi connectivity index (χ0v) is 9.81. The Labute approximate surface area is 99.5 Å². The quantitative estimate of drug-likeness (QED) is 0.448. The first-order valence-corrected chi connectivity index (χ1v) is 4.66. The van der Waals surface area contributed by atoms with Crippen LogP contribution < -0.4 is 5.48 Å². The number of hydroxylamine groups is 1. The number of aliphatic imine (C=N–C) groups is 1. The van der Waals surface area contributed by atoms with Crippen molar-refractivity contribution in [2.45, 2.75) is 20.8 Å². The van der Waals surface area contributed by atoms with Crippen molar-refractivity contribution in [3.05, 3.63) is 23.5 Å². The van der Waals surface area contributed by atoms with Crippen molar-refractivity contribution in [3.63, 3.8) is 0 Å². The minimum atomic E-state index is -0.455. The van der Waals surface area contributed by atoms with Crippen molar-refractivity contribution < 1.29 is 9.63 Å². The molecule has 0 aromatic rings. The highest BCUT2D eigenvalue weighted by Crippen LogP contribution is 1.94. The summed E-state index contributed by atoms with van der Waals surface area (Å²) in [6.45, 7) is 4.64. The van der Waals surface area contributed by atoms with E-state index in [-0.39, 0.29) is 5.57 Å². The van der Waals surface area contributed by atoms with E-state index in [1.54, 1.807) is 32.1 Å². The second-order valence-electron chi connectivity index (χ2n) is 3.06. The molecule has 0 aliphatic heterocycles. The van der Waals surface area contributed by atoms with Gasteiger partial charge in [-0.1, -0.05) is 0 Å². The van der Waals surface area contributed by atoms with Crippen LogP contribution in [0.3, 0.4) is 0 Å². The molecule has 0 aliphatic rings. The fraction of sp³-hybridized carbons (Fsp3) is 0.273. The molecule has 6 heteroatoms. The molecule has 0 saturated heterocycles. The van der Waals surface area contributed by atoms with Crippen LogP contribution in [0, 0.1) is 22.7 Å². The minimum absolute atomic E-state index is 0.0802. The van der Waals surface area contributed by atoms with E-state index >= 15 is 0 Å². The van der Waals surface area contributed by atoms with Crippen LogP contribution >= 0.6 is 0 Å². The fourth-order valence-electron chi connectivity index (χ4n) is 0.782. The van der Waals surface area contributed by atoms with E-state index in [1.807, 2.05) is 0 Å². The van der Waals surface area contributed by atoms with Crippen molar-refractivity contribution in [2.24, 2.45) is 4.99 Å². The lowest BCUT2D eigenvalue weighted by Gasteiger charge is -2.03. The SMILES string of the molecule is CC(=O)ON/C(C)=C/C(C)=NC=C(C#N)C#N. The topological polar surface area (TPSA) is 98.3 Å². The van der Waals surface area contributed by atoms with Crippen molar-refractivity contribution in [1.82, 2.24) is 5.48 Å². The Kier molecular flexibility index (Phi) is 6.49. The molecule has 0 aliphatic carbocycles. The molecular weight excluding hydrogens is 220 g/mol. The second-order valence-corrected chi connectivity index (χ2v) is 3.06. The number of allylic oxidation sites excluding steroid dienone is 3. The molecule has 0 aromatic carbocycles. The highest BCUT2D eigenvalue weighted by atomic mass is 16.7. The Morgan fingerprint density at radius 3 is 2.35 bits per heavy atom. The van der Waals surface area contributed by atoms with Gasteiger partial charge in [0.05, 0.1) is 6.20 Å². The van der Waals surface area contributed by atoms with E-state index in [0.29, 0.717) is 11.4 Å². The lowest BCUT2D eigenvalue weighted by atomic mass is 10.3. The summed E-state index contributed by atoms with van der Waals surface area (Å²) in [5.41, 5.74) is 3.46. The molecule has 17 heavy (non-hydrogen) atoms. The number of rotatable bonds is 4. The van der Waals surface area contributed by atoms with Crippen LogP contribution in [-0.2, 0) is 9.63 Å². The Bertz CT molecular complexity index is 445. The molecule has 0 saturated carbocycles. The number of carbonyl (C=O) groups is 1. The molecule has 0 aromatic heterocycles. The molecular formula is C11H12N4O2. The van der Waals surface area contributed by atoms with Gasteiger partial charge in [-0.2, -0.15) is 10.5 Å². The smallest absolute Gasteiger partial charge is 0.329 e. The summed E-state index contributed by atoms with van der Waals surface area (Å²) in [4.78, 5) is 18.9. The first kappa shape index (κ1) is 14.4. The lowest BCUT2D eigenvalue weighted by molar-refractivity contribution is -0.146. The number of nitrogens with one attached hydrogen (secondary N) is 1. The highest BCUT2D eigenvalue weighted by molar-refractivity contribution is 5.93. The molecule has 0 heterocycles. The average molecular weight is 232 g/mol. The molecule has 88 valence electrons. The summed E-state index contributed by atoms with van der Waals surface area (Å²) in [6.07, 6.45) is 2.77. The third-order valence-electron chi connectivity index (χ3n) is 1.42. The Morgan fingerprint density at radius 1 is 1.29 bits per heavy atom. The van der Waals surface area contributed by atoms with Crippen molar-refractivity contribution >= 4 is 11.7 Å². The number of hydrogen-bond donors (Lipinski definition) is 1. The zero-order chi connectivity index (χ0) is 13.3. The molecule has 0 bridgehead atoms. The summed E-state index contributed by atoms with van der Waals surface area (Å²) >= 11 is 0. The number of nitriles is 2.